The van der Waals surface area contributed by atoms with Crippen LogP contribution in [0.15, 0.2) is 18.2 Å². The normalized spacial score (nSPS) is 20.2. The van der Waals surface area contributed by atoms with Crippen molar-refractivity contribution < 1.29 is 14.7 Å². The third-order valence-electron chi connectivity index (χ3n) is 4.12. The molecule has 0 bridgehead atoms. The van der Waals surface area contributed by atoms with Crippen molar-refractivity contribution in [1.82, 2.24) is 10.2 Å². The molecule has 23 heavy (non-hydrogen) atoms. The summed E-state index contributed by atoms with van der Waals surface area (Å²) in [6.45, 7) is 2.67. The largest absolute Gasteiger partial charge is 0.480 e. The highest BCUT2D eigenvalue weighted by Crippen LogP contribution is 2.27. The first-order valence-electron chi connectivity index (χ1n) is 7.58. The van der Waals surface area contributed by atoms with Gasteiger partial charge in [0, 0.05) is 12.1 Å². The first-order chi connectivity index (χ1) is 10.9. The van der Waals surface area contributed by atoms with Crippen molar-refractivity contribution >= 4 is 35.1 Å². The number of hydrogen-bond donors (Lipinski definition) is 2. The summed E-state index contributed by atoms with van der Waals surface area (Å²) in [7, 11) is 0. The molecule has 0 aliphatic heterocycles. The van der Waals surface area contributed by atoms with Crippen LogP contribution in [0.2, 0.25) is 10.0 Å². The summed E-state index contributed by atoms with van der Waals surface area (Å²) in [6.07, 6.45) is 1.74. The third-order valence-corrected chi connectivity index (χ3v) is 4.98. The second-order valence-corrected chi connectivity index (χ2v) is 6.52. The molecule has 0 aromatic heterocycles. The number of aliphatic carboxylic acids is 1. The lowest BCUT2D eigenvalue weighted by Crippen LogP contribution is -2.55. The number of benzene rings is 1. The van der Waals surface area contributed by atoms with Gasteiger partial charge in [0.15, 0.2) is 0 Å². The summed E-state index contributed by atoms with van der Waals surface area (Å²) in [4.78, 5) is 24.8. The molecule has 1 aromatic carbocycles. The Morgan fingerprint density at radius 2 is 2.04 bits per heavy atom. The molecule has 0 unspecified atom stereocenters. The van der Waals surface area contributed by atoms with Crippen LogP contribution in [0.5, 0.6) is 0 Å². The summed E-state index contributed by atoms with van der Waals surface area (Å²) < 4.78 is 0. The quantitative estimate of drug-likeness (QED) is 0.785. The molecule has 2 rings (SSSR count). The Balaban J connectivity index is 1.80. The summed E-state index contributed by atoms with van der Waals surface area (Å²) >= 11 is 12.0. The standard InChI is InChI=1S/C16H20Cl2N2O3/c1-2-20(9-15(22)23)12-7-11(8-12)19-14(21)6-10-4-3-5-13(17)16(10)18/h3-5,11-12H,2,6-9H2,1H3,(H,19,21)(H,22,23). The zero-order valence-corrected chi connectivity index (χ0v) is 14.4. The van der Waals surface area contributed by atoms with Gasteiger partial charge in [-0.25, -0.2) is 0 Å². The van der Waals surface area contributed by atoms with Crippen molar-refractivity contribution in [3.63, 3.8) is 0 Å². The summed E-state index contributed by atoms with van der Waals surface area (Å²) in [5.41, 5.74) is 0.702. The SMILES string of the molecule is CCN(CC(=O)O)C1CC(NC(=O)Cc2cccc(Cl)c2Cl)C1. The molecule has 1 aromatic rings. The molecule has 0 atom stereocenters. The molecule has 0 saturated heterocycles. The molecule has 1 aliphatic carbocycles. The van der Waals surface area contributed by atoms with E-state index in [1.165, 1.54) is 0 Å². The Labute approximate surface area is 145 Å². The smallest absolute Gasteiger partial charge is 0.317 e. The molecule has 126 valence electrons. The molecule has 2 N–H and O–H groups in total. The van der Waals surface area contributed by atoms with Gasteiger partial charge in [0.2, 0.25) is 5.91 Å². The van der Waals surface area contributed by atoms with E-state index in [2.05, 4.69) is 5.32 Å². The van der Waals surface area contributed by atoms with Gasteiger partial charge in [-0.1, -0.05) is 42.3 Å². The van der Waals surface area contributed by atoms with Crippen molar-refractivity contribution in [3.05, 3.63) is 33.8 Å². The number of carboxylic acids is 1. The molecular weight excluding hydrogens is 339 g/mol. The molecule has 1 fully saturated rings. The van der Waals surface area contributed by atoms with E-state index in [0.29, 0.717) is 22.2 Å². The van der Waals surface area contributed by atoms with Crippen LogP contribution in [0.25, 0.3) is 0 Å². The van der Waals surface area contributed by atoms with Gasteiger partial charge in [0.05, 0.1) is 23.0 Å². The summed E-state index contributed by atoms with van der Waals surface area (Å²) in [6, 6.07) is 5.54. The van der Waals surface area contributed by atoms with E-state index in [1.807, 2.05) is 11.8 Å². The number of amides is 1. The van der Waals surface area contributed by atoms with E-state index in [1.54, 1.807) is 18.2 Å². The van der Waals surface area contributed by atoms with Crippen molar-refractivity contribution in [2.75, 3.05) is 13.1 Å². The third kappa shape index (κ3) is 4.83. The number of carbonyl (C=O) groups is 2. The Bertz CT molecular complexity index is 589. The van der Waals surface area contributed by atoms with Gasteiger partial charge in [-0.3, -0.25) is 14.5 Å². The van der Waals surface area contributed by atoms with Crippen LogP contribution in [-0.2, 0) is 16.0 Å². The fourth-order valence-electron chi connectivity index (χ4n) is 2.81. The van der Waals surface area contributed by atoms with Crippen LogP contribution in [0.3, 0.4) is 0 Å². The molecule has 1 saturated carbocycles. The van der Waals surface area contributed by atoms with Gasteiger partial charge < -0.3 is 10.4 Å². The lowest BCUT2D eigenvalue weighted by Gasteiger charge is -2.42. The number of likely N-dealkylation sites (N-methyl/N-ethyl adjacent to an activating group) is 1. The fourth-order valence-corrected chi connectivity index (χ4v) is 3.20. The second-order valence-electron chi connectivity index (χ2n) is 5.74. The lowest BCUT2D eigenvalue weighted by atomic mass is 9.85. The van der Waals surface area contributed by atoms with Crippen molar-refractivity contribution in [3.8, 4) is 0 Å². The zero-order valence-electron chi connectivity index (χ0n) is 12.9. The van der Waals surface area contributed by atoms with E-state index in [-0.39, 0.29) is 31.0 Å². The molecule has 0 spiro atoms. The Kier molecular flexibility index (Phi) is 6.27. The fraction of sp³-hybridized carbons (Fsp3) is 0.500. The first-order valence-corrected chi connectivity index (χ1v) is 8.34. The van der Waals surface area contributed by atoms with Gasteiger partial charge in [-0.05, 0) is 31.0 Å². The maximum Gasteiger partial charge on any atom is 0.317 e. The highest BCUT2D eigenvalue weighted by molar-refractivity contribution is 6.42. The topological polar surface area (TPSA) is 69.6 Å². The van der Waals surface area contributed by atoms with E-state index >= 15 is 0 Å². The van der Waals surface area contributed by atoms with E-state index in [4.69, 9.17) is 28.3 Å². The number of nitrogens with zero attached hydrogens (tertiary/aromatic N) is 1. The minimum absolute atomic E-state index is 0.0416. The number of carbonyl (C=O) groups excluding carboxylic acids is 1. The highest BCUT2D eigenvalue weighted by atomic mass is 35.5. The van der Waals surface area contributed by atoms with Crippen LogP contribution in [0.1, 0.15) is 25.3 Å². The second kappa shape index (κ2) is 7.99. The van der Waals surface area contributed by atoms with Gasteiger partial charge >= 0.3 is 5.97 Å². The van der Waals surface area contributed by atoms with Gasteiger partial charge in [0.1, 0.15) is 0 Å². The van der Waals surface area contributed by atoms with Crippen LogP contribution in [0, 0.1) is 0 Å². The van der Waals surface area contributed by atoms with Crippen LogP contribution < -0.4 is 5.32 Å². The lowest BCUT2D eigenvalue weighted by molar-refractivity contribution is -0.139. The van der Waals surface area contributed by atoms with Crippen LogP contribution in [0.4, 0.5) is 0 Å². The Morgan fingerprint density at radius 1 is 1.35 bits per heavy atom. The van der Waals surface area contributed by atoms with Crippen molar-refractivity contribution in [1.29, 1.82) is 0 Å². The van der Waals surface area contributed by atoms with Gasteiger partial charge in [-0.15, -0.1) is 0 Å². The van der Waals surface area contributed by atoms with E-state index in [0.717, 1.165) is 12.8 Å². The first kappa shape index (κ1) is 18.0. The average molecular weight is 359 g/mol. The number of halogens is 2. The number of hydrogen-bond acceptors (Lipinski definition) is 3. The van der Waals surface area contributed by atoms with Crippen LogP contribution >= 0.6 is 23.2 Å². The highest BCUT2D eigenvalue weighted by Gasteiger charge is 2.34. The number of nitrogens with one attached hydrogen (secondary N) is 1. The van der Waals surface area contributed by atoms with E-state index in [9.17, 15) is 9.59 Å². The maximum atomic E-state index is 12.1. The molecule has 5 nitrogen and oxygen atoms in total. The van der Waals surface area contributed by atoms with Crippen molar-refractivity contribution in [2.45, 2.75) is 38.3 Å². The molecule has 1 amide bonds. The van der Waals surface area contributed by atoms with Crippen molar-refractivity contribution in [2.24, 2.45) is 0 Å². The Morgan fingerprint density at radius 3 is 2.65 bits per heavy atom. The molecule has 1 aliphatic rings. The maximum absolute atomic E-state index is 12.1. The molecular formula is C16H20Cl2N2O3. The van der Waals surface area contributed by atoms with E-state index < -0.39 is 5.97 Å². The predicted octanol–water partition coefficient (Wildman–Crippen LogP) is 2.59. The minimum Gasteiger partial charge on any atom is -0.480 e. The molecule has 7 heteroatoms. The molecule has 0 radical (unpaired) electrons. The molecule has 0 heterocycles. The monoisotopic (exact) mass is 358 g/mol. The van der Waals surface area contributed by atoms with Crippen LogP contribution in [-0.4, -0.2) is 47.1 Å². The summed E-state index contributed by atoms with van der Waals surface area (Å²) in [5, 5.41) is 12.7. The van der Waals surface area contributed by atoms with Gasteiger partial charge in [0.25, 0.3) is 0 Å². The van der Waals surface area contributed by atoms with Gasteiger partial charge in [-0.2, -0.15) is 0 Å². The zero-order chi connectivity index (χ0) is 17.0. The minimum atomic E-state index is -0.824. The average Bonchev–Trinajstić information content (AvgIpc) is 2.45. The predicted molar refractivity (Wildman–Crippen MR) is 90.0 cm³/mol. The summed E-state index contributed by atoms with van der Waals surface area (Å²) in [5.74, 6) is -0.922. The number of rotatable bonds is 7. The number of carboxylic acid groups (broad SMARTS) is 1. The Hall–Kier alpha value is -1.30.